The topological polar surface area (TPSA) is 42.6 Å². The lowest BCUT2D eigenvalue weighted by Crippen LogP contribution is -3.13. The predicted octanol–water partition coefficient (Wildman–Crippen LogP) is 1.41. The van der Waals surface area contributed by atoms with Crippen LogP contribution in [0, 0.1) is 5.82 Å². The van der Waals surface area contributed by atoms with Gasteiger partial charge in [0.05, 0.1) is 42.4 Å². The Morgan fingerprint density at radius 1 is 1.29 bits per heavy atom. The molecule has 128 valence electrons. The van der Waals surface area contributed by atoms with Gasteiger partial charge < -0.3 is 9.80 Å². The molecule has 2 heterocycles. The first kappa shape index (κ1) is 17.2. The van der Waals surface area contributed by atoms with Gasteiger partial charge in [0.25, 0.3) is 5.91 Å². The van der Waals surface area contributed by atoms with Crippen molar-refractivity contribution in [3.63, 3.8) is 0 Å². The number of quaternary nitrogens is 1. The molecule has 1 N–H and O–H groups in total. The van der Waals surface area contributed by atoms with E-state index < -0.39 is 0 Å². The summed E-state index contributed by atoms with van der Waals surface area (Å²) in [7, 11) is 1.71. The SMILES string of the molecule is Cn1ncc(Cl)c1C(=O)N1CC[NH+](Cc2ccc(F)cc2Cl)CC1. The van der Waals surface area contributed by atoms with Crippen LogP contribution in [-0.4, -0.2) is 46.8 Å². The van der Waals surface area contributed by atoms with Crippen LogP contribution in [0.5, 0.6) is 0 Å². The third-order valence-corrected chi connectivity index (χ3v) is 4.94. The van der Waals surface area contributed by atoms with Gasteiger partial charge in [-0.1, -0.05) is 23.2 Å². The highest BCUT2D eigenvalue weighted by Gasteiger charge is 2.28. The van der Waals surface area contributed by atoms with E-state index in [-0.39, 0.29) is 11.7 Å². The van der Waals surface area contributed by atoms with Crippen LogP contribution in [0.2, 0.25) is 10.0 Å². The van der Waals surface area contributed by atoms with Crippen LogP contribution in [-0.2, 0) is 13.6 Å². The van der Waals surface area contributed by atoms with Crippen molar-refractivity contribution >= 4 is 29.1 Å². The van der Waals surface area contributed by atoms with Crippen LogP contribution in [0.1, 0.15) is 16.1 Å². The van der Waals surface area contributed by atoms with Crippen molar-refractivity contribution in [1.82, 2.24) is 14.7 Å². The Morgan fingerprint density at radius 3 is 2.58 bits per heavy atom. The quantitative estimate of drug-likeness (QED) is 0.886. The fourth-order valence-corrected chi connectivity index (χ4v) is 3.42. The molecule has 3 rings (SSSR count). The van der Waals surface area contributed by atoms with Crippen LogP contribution >= 0.6 is 23.2 Å². The number of hydrogen-bond donors (Lipinski definition) is 1. The molecule has 1 aromatic heterocycles. The molecule has 5 nitrogen and oxygen atoms in total. The summed E-state index contributed by atoms with van der Waals surface area (Å²) in [6.45, 7) is 3.58. The van der Waals surface area contributed by atoms with Crippen molar-refractivity contribution in [3.8, 4) is 0 Å². The number of benzene rings is 1. The molecule has 8 heteroatoms. The van der Waals surface area contributed by atoms with Crippen molar-refractivity contribution in [1.29, 1.82) is 0 Å². The highest BCUT2D eigenvalue weighted by Crippen LogP contribution is 2.17. The monoisotopic (exact) mass is 371 g/mol. The lowest BCUT2D eigenvalue weighted by Gasteiger charge is -2.32. The number of aromatic nitrogens is 2. The average Bonchev–Trinajstić information content (AvgIpc) is 2.89. The Bertz CT molecular complexity index is 737. The van der Waals surface area contributed by atoms with Gasteiger partial charge in [-0.05, 0) is 18.2 Å². The molecule has 0 bridgehead atoms. The molecular weight excluding hydrogens is 354 g/mol. The van der Waals surface area contributed by atoms with Crippen LogP contribution in [0.15, 0.2) is 24.4 Å². The number of piperazine rings is 1. The summed E-state index contributed by atoms with van der Waals surface area (Å²) in [5.74, 6) is -0.430. The second-order valence-corrected chi connectivity index (χ2v) is 6.73. The lowest BCUT2D eigenvalue weighted by atomic mass is 10.2. The molecule has 0 atom stereocenters. The van der Waals surface area contributed by atoms with E-state index in [1.165, 1.54) is 27.9 Å². The Balaban J connectivity index is 1.60. The van der Waals surface area contributed by atoms with Crippen molar-refractivity contribution in [2.75, 3.05) is 26.2 Å². The van der Waals surface area contributed by atoms with Crippen LogP contribution in [0.3, 0.4) is 0 Å². The minimum Gasteiger partial charge on any atom is -0.328 e. The Kier molecular flexibility index (Phi) is 5.08. The summed E-state index contributed by atoms with van der Waals surface area (Å²) in [5.41, 5.74) is 1.34. The third-order valence-electron chi connectivity index (χ3n) is 4.31. The number of nitrogens with zero attached hydrogens (tertiary/aromatic N) is 3. The van der Waals surface area contributed by atoms with E-state index in [0.29, 0.717) is 35.4 Å². The molecule has 2 aromatic rings. The maximum absolute atomic E-state index is 13.1. The van der Waals surface area contributed by atoms with E-state index in [4.69, 9.17) is 23.2 Å². The Hall–Kier alpha value is -1.63. The van der Waals surface area contributed by atoms with Crippen molar-refractivity contribution < 1.29 is 14.1 Å². The first-order valence-electron chi connectivity index (χ1n) is 7.70. The molecular formula is C16H18Cl2FN4O+. The first-order chi connectivity index (χ1) is 11.5. The number of halogens is 3. The lowest BCUT2D eigenvalue weighted by molar-refractivity contribution is -0.917. The smallest absolute Gasteiger partial charge is 0.274 e. The number of hydrogen-bond acceptors (Lipinski definition) is 2. The fourth-order valence-electron chi connectivity index (χ4n) is 2.94. The molecule has 24 heavy (non-hydrogen) atoms. The van der Waals surface area contributed by atoms with Gasteiger partial charge in [0, 0.05) is 12.6 Å². The molecule has 0 spiro atoms. The number of rotatable bonds is 3. The fraction of sp³-hybridized carbons (Fsp3) is 0.375. The van der Waals surface area contributed by atoms with Gasteiger partial charge in [-0.3, -0.25) is 9.48 Å². The van der Waals surface area contributed by atoms with Crippen molar-refractivity contribution in [2.24, 2.45) is 7.05 Å². The second-order valence-electron chi connectivity index (χ2n) is 5.92. The van der Waals surface area contributed by atoms with Crippen LogP contribution in [0.4, 0.5) is 4.39 Å². The van der Waals surface area contributed by atoms with E-state index in [1.807, 2.05) is 0 Å². The number of nitrogens with one attached hydrogen (secondary N) is 1. The maximum atomic E-state index is 13.1. The minimum absolute atomic E-state index is 0.0983. The minimum atomic E-state index is -0.331. The predicted molar refractivity (Wildman–Crippen MR) is 89.9 cm³/mol. The zero-order valence-electron chi connectivity index (χ0n) is 13.2. The number of aryl methyl sites for hydroxylation is 1. The summed E-state index contributed by atoms with van der Waals surface area (Å²) in [5, 5.41) is 4.82. The summed E-state index contributed by atoms with van der Waals surface area (Å²) >= 11 is 12.1. The van der Waals surface area contributed by atoms with E-state index in [0.717, 1.165) is 18.7 Å². The average molecular weight is 372 g/mol. The van der Waals surface area contributed by atoms with Gasteiger partial charge in [0.2, 0.25) is 0 Å². The first-order valence-corrected chi connectivity index (χ1v) is 8.45. The maximum Gasteiger partial charge on any atom is 0.274 e. The van der Waals surface area contributed by atoms with E-state index in [9.17, 15) is 9.18 Å². The molecule has 0 unspecified atom stereocenters. The van der Waals surface area contributed by atoms with E-state index in [1.54, 1.807) is 18.0 Å². The third kappa shape index (κ3) is 3.55. The summed E-state index contributed by atoms with van der Waals surface area (Å²) in [6, 6.07) is 4.48. The van der Waals surface area contributed by atoms with Gasteiger partial charge >= 0.3 is 0 Å². The molecule has 1 aliphatic heterocycles. The van der Waals surface area contributed by atoms with Gasteiger partial charge in [0.1, 0.15) is 18.1 Å². The van der Waals surface area contributed by atoms with Gasteiger partial charge in [-0.15, -0.1) is 0 Å². The number of carbonyl (C=O) groups is 1. The molecule has 1 aliphatic rings. The van der Waals surface area contributed by atoms with Gasteiger partial charge in [0.15, 0.2) is 0 Å². The highest BCUT2D eigenvalue weighted by molar-refractivity contribution is 6.33. The number of amides is 1. The summed E-state index contributed by atoms with van der Waals surface area (Å²) < 4.78 is 14.6. The molecule has 1 saturated heterocycles. The van der Waals surface area contributed by atoms with Crippen molar-refractivity contribution in [3.05, 3.63) is 51.5 Å². The van der Waals surface area contributed by atoms with Gasteiger partial charge in [-0.25, -0.2) is 4.39 Å². The molecule has 1 aromatic carbocycles. The summed E-state index contributed by atoms with van der Waals surface area (Å²) in [4.78, 5) is 15.7. The van der Waals surface area contributed by atoms with Crippen molar-refractivity contribution in [2.45, 2.75) is 6.54 Å². The molecule has 0 saturated carbocycles. The second kappa shape index (κ2) is 7.09. The Labute approximate surface area is 149 Å². The highest BCUT2D eigenvalue weighted by atomic mass is 35.5. The van der Waals surface area contributed by atoms with Crippen LogP contribution in [0.25, 0.3) is 0 Å². The summed E-state index contributed by atoms with van der Waals surface area (Å²) in [6.07, 6.45) is 1.48. The van der Waals surface area contributed by atoms with Crippen LogP contribution < -0.4 is 4.90 Å². The zero-order valence-corrected chi connectivity index (χ0v) is 14.7. The molecule has 0 radical (unpaired) electrons. The molecule has 0 aliphatic carbocycles. The standard InChI is InChI=1S/C16H17Cl2FN4O/c1-21-15(14(18)9-20-21)16(24)23-6-4-22(5-7-23)10-11-2-3-12(19)8-13(11)17/h2-3,8-9H,4-7,10H2,1H3/p+1. The van der Waals surface area contributed by atoms with Gasteiger partial charge in [-0.2, -0.15) is 5.10 Å². The Morgan fingerprint density at radius 2 is 2.00 bits per heavy atom. The molecule has 1 amide bonds. The van der Waals surface area contributed by atoms with E-state index in [2.05, 4.69) is 5.10 Å². The normalized spacial score (nSPS) is 15.8. The zero-order chi connectivity index (χ0) is 17.3. The largest absolute Gasteiger partial charge is 0.328 e. The number of carbonyl (C=O) groups excluding carboxylic acids is 1. The molecule has 1 fully saturated rings. The van der Waals surface area contributed by atoms with E-state index >= 15 is 0 Å².